The molecule has 0 spiro atoms. The monoisotopic (exact) mass is 235 g/mol. The fourth-order valence-electron chi connectivity index (χ4n) is 1.99. The summed E-state index contributed by atoms with van der Waals surface area (Å²) in [5.74, 6) is 1.01. The molecule has 0 heterocycles. The highest BCUT2D eigenvalue weighted by molar-refractivity contribution is 5.36. The zero-order valence-electron chi connectivity index (χ0n) is 11.5. The van der Waals surface area contributed by atoms with Crippen LogP contribution < -0.4 is 10.1 Å². The highest BCUT2D eigenvalue weighted by Gasteiger charge is 2.14. The van der Waals surface area contributed by atoms with Crippen LogP contribution in [0.1, 0.15) is 51.6 Å². The van der Waals surface area contributed by atoms with Gasteiger partial charge in [0.25, 0.3) is 0 Å². The number of para-hydroxylation sites is 1. The van der Waals surface area contributed by atoms with Crippen LogP contribution in [-0.2, 0) is 0 Å². The van der Waals surface area contributed by atoms with Gasteiger partial charge in [-0.15, -0.1) is 0 Å². The van der Waals surface area contributed by atoms with E-state index in [2.05, 4.69) is 44.3 Å². The molecule has 0 aliphatic heterocycles. The van der Waals surface area contributed by atoms with Crippen molar-refractivity contribution >= 4 is 0 Å². The van der Waals surface area contributed by atoms with Gasteiger partial charge in [-0.3, -0.25) is 0 Å². The Morgan fingerprint density at radius 1 is 1.24 bits per heavy atom. The minimum absolute atomic E-state index is 0.222. The number of hydrogen-bond acceptors (Lipinski definition) is 2. The first kappa shape index (κ1) is 14.0. The van der Waals surface area contributed by atoms with Crippen LogP contribution in [0, 0.1) is 0 Å². The van der Waals surface area contributed by atoms with Gasteiger partial charge in [0.15, 0.2) is 0 Å². The first-order chi connectivity index (χ1) is 8.19. The van der Waals surface area contributed by atoms with Gasteiger partial charge in [-0.2, -0.15) is 0 Å². The molecule has 0 aliphatic carbocycles. The molecule has 1 N–H and O–H groups in total. The fourth-order valence-corrected chi connectivity index (χ4v) is 1.99. The molecule has 96 valence electrons. The lowest BCUT2D eigenvalue weighted by Crippen LogP contribution is -2.18. The molecule has 1 aromatic rings. The minimum atomic E-state index is 0.222. The Hall–Kier alpha value is -1.02. The number of ether oxygens (including phenoxy) is 1. The molecule has 1 atom stereocenters. The number of nitrogens with one attached hydrogen (secondary N) is 1. The predicted molar refractivity (Wildman–Crippen MR) is 73.5 cm³/mol. The summed E-state index contributed by atoms with van der Waals surface area (Å²) in [5.41, 5.74) is 1.28. The molecule has 0 aliphatic rings. The number of unbranched alkanes of at least 4 members (excludes halogenated alkanes) is 1. The fraction of sp³-hybridized carbons (Fsp3) is 0.600. The predicted octanol–water partition coefficient (Wildman–Crippen LogP) is 3.92. The maximum absolute atomic E-state index is 5.87. The summed E-state index contributed by atoms with van der Waals surface area (Å²) in [6.07, 6.45) is 3.85. The van der Waals surface area contributed by atoms with Crippen LogP contribution in [0.15, 0.2) is 24.3 Å². The van der Waals surface area contributed by atoms with Crippen molar-refractivity contribution in [2.45, 2.75) is 52.2 Å². The first-order valence-electron chi connectivity index (χ1n) is 6.61. The second-order valence-electron chi connectivity index (χ2n) is 4.69. The molecular formula is C15H25NO. The Morgan fingerprint density at radius 2 is 1.94 bits per heavy atom. The molecule has 0 saturated carbocycles. The van der Waals surface area contributed by atoms with Gasteiger partial charge in [0.2, 0.25) is 0 Å². The van der Waals surface area contributed by atoms with Gasteiger partial charge in [0.05, 0.1) is 6.10 Å². The van der Waals surface area contributed by atoms with Crippen LogP contribution in [0.4, 0.5) is 0 Å². The molecule has 1 unspecified atom stereocenters. The lowest BCUT2D eigenvalue weighted by molar-refractivity contribution is 0.237. The Labute approximate surface area is 105 Å². The van der Waals surface area contributed by atoms with E-state index in [-0.39, 0.29) is 6.10 Å². The van der Waals surface area contributed by atoms with Gasteiger partial charge in [-0.1, -0.05) is 38.0 Å². The second-order valence-corrected chi connectivity index (χ2v) is 4.69. The highest BCUT2D eigenvalue weighted by Crippen LogP contribution is 2.28. The third-order valence-corrected chi connectivity index (χ3v) is 2.85. The smallest absolute Gasteiger partial charge is 0.124 e. The lowest BCUT2D eigenvalue weighted by Gasteiger charge is -2.21. The third kappa shape index (κ3) is 4.39. The molecule has 0 amide bonds. The Kier molecular flexibility index (Phi) is 6.06. The largest absolute Gasteiger partial charge is 0.491 e. The highest BCUT2D eigenvalue weighted by atomic mass is 16.5. The molecular weight excluding hydrogens is 210 g/mol. The standard InChI is InChI=1S/C15H25NO/c1-5-6-10-14(16-4)13-9-7-8-11-15(13)17-12(2)3/h7-9,11-12,14,16H,5-6,10H2,1-4H3. The summed E-state index contributed by atoms with van der Waals surface area (Å²) in [4.78, 5) is 0. The van der Waals surface area contributed by atoms with Crippen LogP contribution >= 0.6 is 0 Å². The van der Waals surface area contributed by atoms with E-state index < -0.39 is 0 Å². The summed E-state index contributed by atoms with van der Waals surface area (Å²) in [6.45, 7) is 6.36. The van der Waals surface area contributed by atoms with Crippen molar-refractivity contribution in [1.29, 1.82) is 0 Å². The van der Waals surface area contributed by atoms with Crippen LogP contribution in [0.25, 0.3) is 0 Å². The van der Waals surface area contributed by atoms with Crippen LogP contribution in [0.3, 0.4) is 0 Å². The molecule has 0 fully saturated rings. The van der Waals surface area contributed by atoms with Crippen molar-refractivity contribution in [2.75, 3.05) is 7.05 Å². The molecule has 2 heteroatoms. The minimum Gasteiger partial charge on any atom is -0.491 e. The van der Waals surface area contributed by atoms with Crippen LogP contribution in [0.5, 0.6) is 5.75 Å². The van der Waals surface area contributed by atoms with E-state index >= 15 is 0 Å². The van der Waals surface area contributed by atoms with E-state index in [9.17, 15) is 0 Å². The molecule has 1 rings (SSSR count). The molecule has 17 heavy (non-hydrogen) atoms. The van der Waals surface area contributed by atoms with Crippen molar-refractivity contribution in [1.82, 2.24) is 5.32 Å². The van der Waals surface area contributed by atoms with Crippen LogP contribution in [0.2, 0.25) is 0 Å². The van der Waals surface area contributed by atoms with Gasteiger partial charge in [0.1, 0.15) is 5.75 Å². The maximum Gasteiger partial charge on any atom is 0.124 e. The van der Waals surface area contributed by atoms with Crippen LogP contribution in [-0.4, -0.2) is 13.2 Å². The van der Waals surface area contributed by atoms with Crippen molar-refractivity contribution in [3.8, 4) is 5.75 Å². The summed E-state index contributed by atoms with van der Waals surface area (Å²) in [7, 11) is 2.02. The lowest BCUT2D eigenvalue weighted by atomic mass is 10.0. The number of hydrogen-bond donors (Lipinski definition) is 1. The summed E-state index contributed by atoms with van der Waals surface area (Å²) in [5, 5.41) is 3.39. The van der Waals surface area contributed by atoms with Crippen molar-refractivity contribution in [3.05, 3.63) is 29.8 Å². The Balaban J connectivity index is 2.85. The molecule has 0 aromatic heterocycles. The maximum atomic E-state index is 5.87. The average molecular weight is 235 g/mol. The number of benzene rings is 1. The summed E-state index contributed by atoms with van der Waals surface area (Å²) in [6, 6.07) is 8.73. The zero-order chi connectivity index (χ0) is 12.7. The third-order valence-electron chi connectivity index (χ3n) is 2.85. The summed E-state index contributed by atoms with van der Waals surface area (Å²) >= 11 is 0. The summed E-state index contributed by atoms with van der Waals surface area (Å²) < 4.78 is 5.87. The van der Waals surface area contributed by atoms with E-state index in [0.717, 1.165) is 12.2 Å². The number of rotatable bonds is 7. The average Bonchev–Trinajstić information content (AvgIpc) is 2.31. The zero-order valence-corrected chi connectivity index (χ0v) is 11.5. The van der Waals surface area contributed by atoms with Gasteiger partial charge in [-0.25, -0.2) is 0 Å². The molecule has 0 bridgehead atoms. The van der Waals surface area contributed by atoms with Crippen molar-refractivity contribution in [2.24, 2.45) is 0 Å². The molecule has 0 radical (unpaired) electrons. The van der Waals surface area contributed by atoms with Gasteiger partial charge >= 0.3 is 0 Å². The topological polar surface area (TPSA) is 21.3 Å². The van der Waals surface area contributed by atoms with Gasteiger partial charge in [-0.05, 0) is 33.4 Å². The van der Waals surface area contributed by atoms with E-state index in [1.54, 1.807) is 0 Å². The van der Waals surface area contributed by atoms with Crippen molar-refractivity contribution in [3.63, 3.8) is 0 Å². The van der Waals surface area contributed by atoms with Gasteiger partial charge in [0, 0.05) is 11.6 Å². The molecule has 0 saturated heterocycles. The SMILES string of the molecule is CCCCC(NC)c1ccccc1OC(C)C. The molecule has 1 aromatic carbocycles. The molecule has 2 nitrogen and oxygen atoms in total. The van der Waals surface area contributed by atoms with Gasteiger partial charge < -0.3 is 10.1 Å². The van der Waals surface area contributed by atoms with E-state index in [1.807, 2.05) is 13.1 Å². The quantitative estimate of drug-likeness (QED) is 0.773. The van der Waals surface area contributed by atoms with E-state index in [4.69, 9.17) is 4.74 Å². The van der Waals surface area contributed by atoms with Crippen molar-refractivity contribution < 1.29 is 4.74 Å². The van der Waals surface area contributed by atoms with E-state index in [0.29, 0.717) is 6.04 Å². The van der Waals surface area contributed by atoms with E-state index in [1.165, 1.54) is 18.4 Å². The first-order valence-corrected chi connectivity index (χ1v) is 6.61. The Morgan fingerprint density at radius 3 is 2.53 bits per heavy atom. The Bertz CT molecular complexity index is 322. The second kappa shape index (κ2) is 7.33. The normalized spacial score (nSPS) is 12.8.